The van der Waals surface area contributed by atoms with Crippen molar-refractivity contribution in [3.8, 4) is 17.1 Å². The Labute approximate surface area is 115 Å². The highest BCUT2D eigenvalue weighted by molar-refractivity contribution is 6.33. The quantitative estimate of drug-likeness (QED) is 0.728. The van der Waals surface area contributed by atoms with Crippen LogP contribution in [0.5, 0.6) is 0 Å². The molecule has 0 atom stereocenters. The average molecular weight is 271 g/mol. The lowest BCUT2D eigenvalue weighted by molar-refractivity contribution is 1.06. The second kappa shape index (κ2) is 4.74. The molecule has 0 unspecified atom stereocenters. The summed E-state index contributed by atoms with van der Waals surface area (Å²) in [5.74, 6) is 0.691. The minimum Gasteiger partial charge on any atom is -0.399 e. The Balaban J connectivity index is 2.15. The maximum Gasteiger partial charge on any atom is 0.169 e. The van der Waals surface area contributed by atoms with E-state index in [2.05, 4.69) is 10.2 Å². The van der Waals surface area contributed by atoms with Crippen LogP contribution in [-0.4, -0.2) is 14.8 Å². The number of rotatable bonds is 2. The van der Waals surface area contributed by atoms with E-state index in [0.717, 1.165) is 11.3 Å². The van der Waals surface area contributed by atoms with Crippen LogP contribution in [0.15, 0.2) is 54.9 Å². The molecule has 0 saturated carbocycles. The van der Waals surface area contributed by atoms with Crippen molar-refractivity contribution in [2.75, 3.05) is 5.73 Å². The summed E-state index contributed by atoms with van der Waals surface area (Å²) in [6, 6.07) is 15.2. The lowest BCUT2D eigenvalue weighted by Crippen LogP contribution is -1.97. The van der Waals surface area contributed by atoms with E-state index in [1.807, 2.05) is 41.0 Å². The molecule has 0 aliphatic heterocycles. The number of nitrogens with zero attached hydrogens (tertiary/aromatic N) is 3. The molecule has 94 valence electrons. The Bertz CT molecular complexity index is 706. The predicted molar refractivity (Wildman–Crippen MR) is 76.2 cm³/mol. The normalized spacial score (nSPS) is 10.6. The van der Waals surface area contributed by atoms with E-state index in [4.69, 9.17) is 17.3 Å². The standard InChI is InChI=1S/C14H11ClN4/c15-13-8-10(16)6-7-12(13)14-18-17-9-19(14)11-4-2-1-3-5-11/h1-9H,16H2. The molecule has 2 aromatic carbocycles. The van der Waals surface area contributed by atoms with E-state index in [0.29, 0.717) is 16.5 Å². The van der Waals surface area contributed by atoms with Gasteiger partial charge in [0.05, 0.1) is 5.02 Å². The number of nitrogens with two attached hydrogens (primary N) is 1. The van der Waals surface area contributed by atoms with Gasteiger partial charge in [0, 0.05) is 16.9 Å². The SMILES string of the molecule is Nc1ccc(-c2nncn2-c2ccccc2)c(Cl)c1. The van der Waals surface area contributed by atoms with Crippen LogP contribution in [0.2, 0.25) is 5.02 Å². The Kier molecular flexibility index (Phi) is 2.93. The third kappa shape index (κ3) is 2.18. The summed E-state index contributed by atoms with van der Waals surface area (Å²) < 4.78 is 1.89. The molecule has 0 aliphatic rings. The van der Waals surface area contributed by atoms with E-state index in [1.54, 1.807) is 18.5 Å². The maximum atomic E-state index is 6.22. The van der Waals surface area contributed by atoms with Gasteiger partial charge in [-0.15, -0.1) is 10.2 Å². The summed E-state index contributed by atoms with van der Waals surface area (Å²) in [4.78, 5) is 0. The molecule has 0 bridgehead atoms. The van der Waals surface area contributed by atoms with Gasteiger partial charge in [0.1, 0.15) is 6.33 Å². The molecule has 1 aromatic heterocycles. The Morgan fingerprint density at radius 1 is 1.05 bits per heavy atom. The summed E-state index contributed by atoms with van der Waals surface area (Å²) in [5, 5.41) is 8.66. The monoisotopic (exact) mass is 270 g/mol. The van der Waals surface area contributed by atoms with Gasteiger partial charge in [-0.2, -0.15) is 0 Å². The van der Waals surface area contributed by atoms with Crippen molar-refractivity contribution in [2.45, 2.75) is 0 Å². The van der Waals surface area contributed by atoms with E-state index >= 15 is 0 Å². The molecule has 4 nitrogen and oxygen atoms in total. The third-order valence-corrected chi connectivity index (χ3v) is 3.13. The van der Waals surface area contributed by atoms with Crippen LogP contribution in [0.4, 0.5) is 5.69 Å². The predicted octanol–water partition coefficient (Wildman–Crippen LogP) is 3.17. The molecule has 1 heterocycles. The molecule has 0 amide bonds. The average Bonchev–Trinajstić information content (AvgIpc) is 2.89. The van der Waals surface area contributed by atoms with Gasteiger partial charge < -0.3 is 5.73 Å². The highest BCUT2D eigenvalue weighted by Crippen LogP contribution is 2.29. The lowest BCUT2D eigenvalue weighted by atomic mass is 10.2. The Morgan fingerprint density at radius 2 is 1.84 bits per heavy atom. The number of para-hydroxylation sites is 1. The summed E-state index contributed by atoms with van der Waals surface area (Å²) in [6.07, 6.45) is 1.66. The number of benzene rings is 2. The number of anilines is 1. The van der Waals surface area contributed by atoms with Crippen molar-refractivity contribution in [1.29, 1.82) is 0 Å². The third-order valence-electron chi connectivity index (χ3n) is 2.82. The van der Waals surface area contributed by atoms with Crippen molar-refractivity contribution < 1.29 is 0 Å². The first-order valence-electron chi connectivity index (χ1n) is 5.76. The molecule has 3 aromatic rings. The van der Waals surface area contributed by atoms with Gasteiger partial charge in [0.25, 0.3) is 0 Å². The lowest BCUT2D eigenvalue weighted by Gasteiger charge is -2.08. The summed E-state index contributed by atoms with van der Waals surface area (Å²) in [5.41, 5.74) is 8.11. The Hall–Kier alpha value is -2.33. The van der Waals surface area contributed by atoms with E-state index in [9.17, 15) is 0 Å². The molecule has 0 saturated heterocycles. The second-order valence-electron chi connectivity index (χ2n) is 4.10. The van der Waals surface area contributed by atoms with Crippen LogP contribution >= 0.6 is 11.6 Å². The molecular weight excluding hydrogens is 260 g/mol. The van der Waals surface area contributed by atoms with Crippen molar-refractivity contribution in [3.63, 3.8) is 0 Å². The van der Waals surface area contributed by atoms with Crippen LogP contribution in [0.3, 0.4) is 0 Å². The molecule has 0 fully saturated rings. The van der Waals surface area contributed by atoms with Gasteiger partial charge >= 0.3 is 0 Å². The summed E-state index contributed by atoms with van der Waals surface area (Å²) in [7, 11) is 0. The largest absolute Gasteiger partial charge is 0.399 e. The first kappa shape index (κ1) is 11.7. The van der Waals surface area contributed by atoms with Crippen molar-refractivity contribution in [3.05, 3.63) is 59.9 Å². The topological polar surface area (TPSA) is 56.7 Å². The van der Waals surface area contributed by atoms with E-state index < -0.39 is 0 Å². The zero-order valence-corrected chi connectivity index (χ0v) is 10.7. The second-order valence-corrected chi connectivity index (χ2v) is 4.51. The van der Waals surface area contributed by atoms with Crippen molar-refractivity contribution >= 4 is 17.3 Å². The van der Waals surface area contributed by atoms with E-state index in [1.165, 1.54) is 0 Å². The van der Waals surface area contributed by atoms with Crippen molar-refractivity contribution in [2.24, 2.45) is 0 Å². The van der Waals surface area contributed by atoms with Gasteiger partial charge in [0.15, 0.2) is 5.82 Å². The molecule has 0 aliphatic carbocycles. The first-order chi connectivity index (χ1) is 9.25. The van der Waals surface area contributed by atoms with Crippen molar-refractivity contribution in [1.82, 2.24) is 14.8 Å². The van der Waals surface area contributed by atoms with Crippen LogP contribution in [0, 0.1) is 0 Å². The summed E-state index contributed by atoms with van der Waals surface area (Å²) in [6.45, 7) is 0. The van der Waals surface area contributed by atoms with E-state index in [-0.39, 0.29) is 0 Å². The highest BCUT2D eigenvalue weighted by atomic mass is 35.5. The van der Waals surface area contributed by atoms with Crippen LogP contribution in [0.25, 0.3) is 17.1 Å². The molecule has 3 rings (SSSR count). The highest BCUT2D eigenvalue weighted by Gasteiger charge is 2.12. The van der Waals surface area contributed by atoms with Gasteiger partial charge in [-0.25, -0.2) is 0 Å². The molecular formula is C14H11ClN4. The number of aromatic nitrogens is 3. The van der Waals surface area contributed by atoms with Crippen LogP contribution in [-0.2, 0) is 0 Å². The zero-order valence-electron chi connectivity index (χ0n) is 9.99. The maximum absolute atomic E-state index is 6.22. The van der Waals surface area contributed by atoms with Gasteiger partial charge in [-0.3, -0.25) is 4.57 Å². The molecule has 5 heteroatoms. The van der Waals surface area contributed by atoms with Crippen LogP contribution < -0.4 is 5.73 Å². The number of hydrogen-bond donors (Lipinski definition) is 1. The minimum absolute atomic E-state index is 0.560. The van der Waals surface area contributed by atoms with Gasteiger partial charge in [0.2, 0.25) is 0 Å². The molecule has 0 radical (unpaired) electrons. The molecule has 2 N–H and O–H groups in total. The fraction of sp³-hybridized carbons (Fsp3) is 0. The smallest absolute Gasteiger partial charge is 0.169 e. The number of nitrogen functional groups attached to an aromatic ring is 1. The Morgan fingerprint density at radius 3 is 2.58 bits per heavy atom. The zero-order chi connectivity index (χ0) is 13.2. The molecule has 19 heavy (non-hydrogen) atoms. The summed E-state index contributed by atoms with van der Waals surface area (Å²) >= 11 is 6.22. The molecule has 0 spiro atoms. The number of hydrogen-bond acceptors (Lipinski definition) is 3. The van der Waals surface area contributed by atoms with Gasteiger partial charge in [-0.05, 0) is 30.3 Å². The fourth-order valence-electron chi connectivity index (χ4n) is 1.91. The fourth-order valence-corrected chi connectivity index (χ4v) is 2.18. The first-order valence-corrected chi connectivity index (χ1v) is 6.14. The van der Waals surface area contributed by atoms with Gasteiger partial charge in [-0.1, -0.05) is 29.8 Å². The minimum atomic E-state index is 0.560. The van der Waals surface area contributed by atoms with Crippen LogP contribution in [0.1, 0.15) is 0 Å². The number of halogens is 1.